The number of pyridine rings is 1. The highest BCUT2D eigenvalue weighted by Gasteiger charge is 2.29. The van der Waals surface area contributed by atoms with Crippen LogP contribution in [0.1, 0.15) is 11.3 Å². The molecule has 76 heavy (non-hydrogen) atoms. The third-order valence-corrected chi connectivity index (χ3v) is 17.7. The number of hydrogen-bond donors (Lipinski definition) is 1. The van der Waals surface area contributed by atoms with Gasteiger partial charge in [-0.1, -0.05) is 188 Å². The topological polar surface area (TPSA) is 19.0 Å². The number of aromatic nitrogens is 1. The van der Waals surface area contributed by atoms with Gasteiger partial charge in [0.2, 0.25) is 0 Å². The van der Waals surface area contributed by atoms with Crippen molar-refractivity contribution in [3.63, 3.8) is 0 Å². The van der Waals surface area contributed by atoms with E-state index in [0.29, 0.717) is 0 Å². The van der Waals surface area contributed by atoms with E-state index in [1.165, 1.54) is 175 Å². The number of benzene rings is 14. The Morgan fingerprint density at radius 3 is 1.62 bits per heavy atom. The Morgan fingerprint density at radius 1 is 0.289 bits per heavy atom. The van der Waals surface area contributed by atoms with Crippen molar-refractivity contribution in [3.8, 4) is 33.4 Å². The molecule has 350 valence electrons. The average molecular weight is 961 g/mol. The number of anilines is 3. The molecule has 2 aliphatic rings. The van der Waals surface area contributed by atoms with E-state index in [1.807, 2.05) is 0 Å². The van der Waals surface area contributed by atoms with Crippen molar-refractivity contribution in [2.45, 2.75) is 12.8 Å². The van der Waals surface area contributed by atoms with Crippen molar-refractivity contribution in [1.29, 1.82) is 0 Å². The van der Waals surface area contributed by atoms with E-state index in [9.17, 15) is 0 Å². The minimum Gasteiger partial charge on any atom is -0.358 e. The Morgan fingerprint density at radius 2 is 0.868 bits per heavy atom. The van der Waals surface area contributed by atoms with Crippen molar-refractivity contribution in [3.05, 3.63) is 248 Å². The first-order chi connectivity index (χ1) is 37.7. The Balaban J connectivity index is 0.786. The summed E-state index contributed by atoms with van der Waals surface area (Å²) in [5.74, 6) is 0. The van der Waals surface area contributed by atoms with Crippen LogP contribution >= 0.6 is 0 Å². The monoisotopic (exact) mass is 960 g/mol. The number of hydrogen-bond acceptors (Lipinski definition) is 1. The lowest BCUT2D eigenvalue weighted by molar-refractivity contribution is 0.933. The molecule has 16 aromatic rings. The first-order valence-corrected chi connectivity index (χ1v) is 26.8. The number of aromatic amines is 1. The first kappa shape index (κ1) is 40.7. The summed E-state index contributed by atoms with van der Waals surface area (Å²) in [5, 5.41) is 27.3. The van der Waals surface area contributed by atoms with Crippen LogP contribution in [0, 0.1) is 0 Å². The van der Waals surface area contributed by atoms with Crippen molar-refractivity contribution in [2.75, 3.05) is 4.90 Å². The highest BCUT2D eigenvalue weighted by molar-refractivity contribution is 6.33. The smallest absolute Gasteiger partial charge is 0.0547 e. The van der Waals surface area contributed by atoms with E-state index in [-0.39, 0.29) is 0 Å². The van der Waals surface area contributed by atoms with Gasteiger partial charge >= 0.3 is 0 Å². The third-order valence-electron chi connectivity index (χ3n) is 17.7. The fraction of sp³-hybridized carbons (Fsp3) is 0.0270. The molecule has 2 heteroatoms. The fourth-order valence-electron chi connectivity index (χ4n) is 14.4. The summed E-state index contributed by atoms with van der Waals surface area (Å²) in [5.41, 5.74) is 15.0. The lowest BCUT2D eigenvalue weighted by Crippen LogP contribution is -2.15. The molecule has 0 saturated carbocycles. The quantitative estimate of drug-likeness (QED) is 0.138. The molecule has 2 nitrogen and oxygen atoms in total. The summed E-state index contributed by atoms with van der Waals surface area (Å²) in [7, 11) is 0. The maximum Gasteiger partial charge on any atom is 0.0547 e. The molecule has 0 bridgehead atoms. The van der Waals surface area contributed by atoms with Gasteiger partial charge in [-0.2, -0.15) is 0 Å². The fourth-order valence-corrected chi connectivity index (χ4v) is 14.4. The maximum atomic E-state index is 4.00. The molecule has 1 aromatic heterocycles. The highest BCUT2D eigenvalue weighted by Crippen LogP contribution is 2.55. The van der Waals surface area contributed by atoms with Crippen molar-refractivity contribution in [1.82, 2.24) is 4.98 Å². The Kier molecular flexibility index (Phi) is 8.00. The van der Waals surface area contributed by atoms with Gasteiger partial charge in [0.15, 0.2) is 0 Å². The predicted octanol–water partition coefficient (Wildman–Crippen LogP) is 20.6. The van der Waals surface area contributed by atoms with Gasteiger partial charge in [-0.25, -0.2) is 0 Å². The predicted molar refractivity (Wildman–Crippen MR) is 325 cm³/mol. The van der Waals surface area contributed by atoms with E-state index < -0.39 is 0 Å². The zero-order valence-corrected chi connectivity index (χ0v) is 41.4. The Bertz CT molecular complexity index is 5270. The van der Waals surface area contributed by atoms with Crippen LogP contribution in [0.2, 0.25) is 0 Å². The van der Waals surface area contributed by atoms with E-state index >= 15 is 0 Å². The van der Waals surface area contributed by atoms with Gasteiger partial charge in [0.25, 0.3) is 0 Å². The minimum atomic E-state index is 1.03. The minimum absolute atomic E-state index is 1.03. The second-order valence-corrected chi connectivity index (χ2v) is 21.4. The number of rotatable bonds is 3. The largest absolute Gasteiger partial charge is 0.358 e. The van der Waals surface area contributed by atoms with Crippen LogP contribution in [0.4, 0.5) is 17.1 Å². The summed E-state index contributed by atoms with van der Waals surface area (Å²) < 4.78 is 0. The van der Waals surface area contributed by atoms with Crippen LogP contribution in [0.25, 0.3) is 152 Å². The summed E-state index contributed by atoms with van der Waals surface area (Å²) in [4.78, 5) is 6.51. The van der Waals surface area contributed by atoms with Crippen LogP contribution in [-0.2, 0) is 12.8 Å². The van der Waals surface area contributed by atoms with Crippen LogP contribution < -0.4 is 4.90 Å². The van der Waals surface area contributed by atoms with Gasteiger partial charge in [0.1, 0.15) is 0 Å². The molecule has 18 rings (SSSR count). The standard InChI is InChI=1S/C74H44N2/c1-2-13-51-47(11-1)37-48-12-9-22-68-71(48)73(51)65-39-60-55-17-6-3-14-52(55)53-15-4-7-18-56(53)62(60)41-69(65)76(68)49-33-29-43(30-34-49)42-23-25-44(26-24-42)50-20-10-21-58-54-16-5-8-19-57(54)61-38-63-59-35-31-45-27-28-46-32-36-66(74(59)70(45)46)75-67(63)40-64(61)72(50)58/h1-31,33-35,37-41,75H,32,36H2. The first-order valence-electron chi connectivity index (χ1n) is 26.8. The number of H-pyrrole nitrogens is 1. The molecule has 1 aliphatic carbocycles. The number of fused-ring (bicyclic) bond motifs is 18. The van der Waals surface area contributed by atoms with E-state index in [4.69, 9.17) is 0 Å². The van der Waals surface area contributed by atoms with Gasteiger partial charge < -0.3 is 9.88 Å². The highest BCUT2D eigenvalue weighted by atomic mass is 15.2. The second kappa shape index (κ2) is 14.9. The Hall–Kier alpha value is -9.76. The van der Waals surface area contributed by atoms with Gasteiger partial charge in [0, 0.05) is 44.2 Å². The second-order valence-electron chi connectivity index (χ2n) is 21.4. The summed E-state index contributed by atoms with van der Waals surface area (Å²) in [6.07, 6.45) is 2.11. The molecule has 0 spiro atoms. The van der Waals surface area contributed by atoms with Crippen LogP contribution in [-0.4, -0.2) is 4.98 Å². The SMILES string of the molecule is c1ccc2c3c4c(cccc4cc2c1)N(c1ccc(-c2ccc(-c4cccc5c6ccccc6c6cc7c(cc6c45)[nH]c4c5c7ccc6ccc(c65)CC4)cc2)cc1)c1cc2c4ccccc4c4ccccc4c2cc1-3. The van der Waals surface area contributed by atoms with E-state index in [1.54, 1.807) is 0 Å². The lowest BCUT2D eigenvalue weighted by atomic mass is 9.84. The molecule has 0 unspecified atom stereocenters. The van der Waals surface area contributed by atoms with Crippen LogP contribution in [0.5, 0.6) is 0 Å². The molecule has 0 saturated heterocycles. The third kappa shape index (κ3) is 5.44. The molecular formula is C74H44N2. The van der Waals surface area contributed by atoms with Crippen LogP contribution in [0.15, 0.2) is 237 Å². The molecule has 15 aromatic carbocycles. The van der Waals surface area contributed by atoms with E-state index in [0.717, 1.165) is 18.5 Å². The number of nitrogens with zero attached hydrogens (tertiary/aromatic N) is 1. The molecule has 1 aliphatic heterocycles. The van der Waals surface area contributed by atoms with Crippen molar-refractivity contribution >= 4 is 136 Å². The van der Waals surface area contributed by atoms with Gasteiger partial charge in [-0.15, -0.1) is 0 Å². The number of aryl methyl sites for hydroxylation is 2. The van der Waals surface area contributed by atoms with Gasteiger partial charge in [0.05, 0.1) is 11.4 Å². The normalized spacial score (nSPS) is 13.1. The average Bonchev–Trinajstić information content (AvgIpc) is 4.03. The summed E-state index contributed by atoms with van der Waals surface area (Å²) >= 11 is 0. The number of nitrogens with one attached hydrogen (secondary N) is 1. The Labute approximate surface area is 437 Å². The van der Waals surface area contributed by atoms with Crippen LogP contribution in [0.3, 0.4) is 0 Å². The summed E-state index contributed by atoms with van der Waals surface area (Å²) in [6, 6.07) is 89.6. The summed E-state index contributed by atoms with van der Waals surface area (Å²) in [6.45, 7) is 0. The van der Waals surface area contributed by atoms with Crippen molar-refractivity contribution < 1.29 is 0 Å². The lowest BCUT2D eigenvalue weighted by Gasteiger charge is -2.35. The molecule has 1 N–H and O–H groups in total. The molecule has 0 fully saturated rings. The van der Waals surface area contributed by atoms with Gasteiger partial charge in [-0.3, -0.25) is 0 Å². The molecule has 0 atom stereocenters. The molecule has 0 amide bonds. The van der Waals surface area contributed by atoms with E-state index in [2.05, 4.69) is 246 Å². The zero-order valence-electron chi connectivity index (χ0n) is 41.4. The van der Waals surface area contributed by atoms with Gasteiger partial charge in [-0.05, 0) is 186 Å². The van der Waals surface area contributed by atoms with Crippen molar-refractivity contribution in [2.24, 2.45) is 0 Å². The maximum absolute atomic E-state index is 4.00. The molecule has 2 heterocycles. The molecule has 0 radical (unpaired) electrons. The zero-order chi connectivity index (χ0) is 49.3. The molecular weight excluding hydrogens is 917 g/mol.